The quantitative estimate of drug-likeness (QED) is 0.647. The topological polar surface area (TPSA) is 66.9 Å². The first-order chi connectivity index (χ1) is 5.79. The molecule has 0 bridgehead atoms. The number of carbonyl (C=O) groups excluding carboxylic acids is 1. The van der Waals surface area contributed by atoms with Gasteiger partial charge in [-0.3, -0.25) is 4.79 Å². The molecule has 0 atom stereocenters. The summed E-state index contributed by atoms with van der Waals surface area (Å²) in [5, 5.41) is 8.62. The van der Waals surface area contributed by atoms with Crippen molar-refractivity contribution in [2.24, 2.45) is 5.73 Å². The van der Waals surface area contributed by atoms with Gasteiger partial charge in [-0.15, -0.1) is 0 Å². The number of hydrogen-bond acceptors (Lipinski definition) is 3. The fraction of sp³-hybridized carbons (Fsp3) is 0.111. The number of rotatable bonds is 2. The van der Waals surface area contributed by atoms with Crippen molar-refractivity contribution in [3.63, 3.8) is 0 Å². The summed E-state index contributed by atoms with van der Waals surface area (Å²) in [5.74, 6) is -0.202. The Labute approximate surface area is 70.4 Å². The van der Waals surface area contributed by atoms with Crippen LogP contribution >= 0.6 is 0 Å². The van der Waals surface area contributed by atoms with Crippen LogP contribution in [0.15, 0.2) is 24.3 Å². The number of Topliss-reactive ketones (excluding diaryl/α,β-unsaturated/α-hetero) is 1. The predicted octanol–water partition coefficient (Wildman–Crippen LogP) is 0.700. The van der Waals surface area contributed by atoms with E-state index in [-0.39, 0.29) is 12.3 Å². The minimum atomic E-state index is -0.202. The summed E-state index contributed by atoms with van der Waals surface area (Å²) in [6, 6.07) is 8.57. The van der Waals surface area contributed by atoms with E-state index in [0.717, 1.165) is 0 Å². The maximum absolute atomic E-state index is 11.1. The Morgan fingerprint density at radius 2 is 2.17 bits per heavy atom. The Morgan fingerprint density at radius 1 is 1.50 bits per heavy atom. The van der Waals surface area contributed by atoms with Gasteiger partial charge in [-0.05, 0) is 6.07 Å². The summed E-state index contributed by atoms with van der Waals surface area (Å²) in [6.45, 7) is -0.0569. The Hall–Kier alpha value is -1.66. The molecule has 0 spiro atoms. The molecule has 0 unspecified atom stereocenters. The summed E-state index contributed by atoms with van der Waals surface area (Å²) < 4.78 is 0. The number of carbonyl (C=O) groups is 1. The molecule has 0 aromatic heterocycles. The third-order valence-electron chi connectivity index (χ3n) is 1.53. The van der Waals surface area contributed by atoms with E-state index in [1.807, 2.05) is 6.07 Å². The third kappa shape index (κ3) is 1.49. The number of nitriles is 1. The molecule has 60 valence electrons. The first-order valence-corrected chi connectivity index (χ1v) is 3.52. The van der Waals surface area contributed by atoms with Gasteiger partial charge in [0.15, 0.2) is 5.78 Å². The highest BCUT2D eigenvalue weighted by molar-refractivity contribution is 5.99. The maximum Gasteiger partial charge on any atom is 0.177 e. The largest absolute Gasteiger partial charge is 0.324 e. The molecule has 0 saturated carbocycles. The molecule has 0 saturated heterocycles. The molecule has 0 heterocycles. The van der Waals surface area contributed by atoms with Crippen molar-refractivity contribution in [3.8, 4) is 6.07 Å². The van der Waals surface area contributed by atoms with Crippen molar-refractivity contribution in [1.82, 2.24) is 0 Å². The van der Waals surface area contributed by atoms with E-state index < -0.39 is 0 Å². The summed E-state index contributed by atoms with van der Waals surface area (Å²) in [6.07, 6.45) is 0. The minimum absolute atomic E-state index is 0.0569. The lowest BCUT2D eigenvalue weighted by Crippen LogP contribution is -2.14. The number of benzene rings is 1. The van der Waals surface area contributed by atoms with Gasteiger partial charge in [0, 0.05) is 5.56 Å². The highest BCUT2D eigenvalue weighted by Crippen LogP contribution is 2.06. The number of ketones is 1. The van der Waals surface area contributed by atoms with Gasteiger partial charge in [0.2, 0.25) is 0 Å². The van der Waals surface area contributed by atoms with Crippen LogP contribution < -0.4 is 5.73 Å². The van der Waals surface area contributed by atoms with Gasteiger partial charge in [-0.1, -0.05) is 18.2 Å². The predicted molar refractivity (Wildman–Crippen MR) is 44.5 cm³/mol. The summed E-state index contributed by atoms with van der Waals surface area (Å²) >= 11 is 0. The van der Waals surface area contributed by atoms with E-state index in [1.54, 1.807) is 24.3 Å². The molecule has 3 nitrogen and oxygen atoms in total. The molecule has 0 radical (unpaired) electrons. The lowest BCUT2D eigenvalue weighted by molar-refractivity contribution is 0.100. The number of nitrogens with two attached hydrogens (primary N) is 1. The molecule has 1 aromatic rings. The van der Waals surface area contributed by atoms with Gasteiger partial charge in [-0.25, -0.2) is 0 Å². The molecular formula is C9H8N2O. The lowest BCUT2D eigenvalue weighted by Gasteiger charge is -1.98. The van der Waals surface area contributed by atoms with Crippen molar-refractivity contribution >= 4 is 5.78 Å². The van der Waals surface area contributed by atoms with Crippen molar-refractivity contribution in [3.05, 3.63) is 35.4 Å². The zero-order valence-corrected chi connectivity index (χ0v) is 6.45. The number of nitrogens with zero attached hydrogens (tertiary/aromatic N) is 1. The van der Waals surface area contributed by atoms with Crippen LogP contribution in [0.25, 0.3) is 0 Å². The van der Waals surface area contributed by atoms with Gasteiger partial charge >= 0.3 is 0 Å². The molecular weight excluding hydrogens is 152 g/mol. The van der Waals surface area contributed by atoms with Crippen LogP contribution in [0, 0.1) is 11.3 Å². The SMILES string of the molecule is N#Cc1ccccc1C(=O)CN. The fourth-order valence-corrected chi connectivity index (χ4v) is 0.934. The van der Waals surface area contributed by atoms with Gasteiger partial charge < -0.3 is 5.73 Å². The van der Waals surface area contributed by atoms with E-state index in [1.165, 1.54) is 0 Å². The van der Waals surface area contributed by atoms with Crippen molar-refractivity contribution < 1.29 is 4.79 Å². The van der Waals surface area contributed by atoms with Crippen LogP contribution in [0.2, 0.25) is 0 Å². The smallest absolute Gasteiger partial charge is 0.177 e. The summed E-state index contributed by atoms with van der Waals surface area (Å²) in [7, 11) is 0. The van der Waals surface area contributed by atoms with Crippen molar-refractivity contribution in [2.75, 3.05) is 6.54 Å². The second kappa shape index (κ2) is 3.65. The average molecular weight is 160 g/mol. The summed E-state index contributed by atoms with van der Waals surface area (Å²) in [5.41, 5.74) is 5.96. The molecule has 2 N–H and O–H groups in total. The van der Waals surface area contributed by atoms with Crippen LogP contribution in [0.3, 0.4) is 0 Å². The molecule has 0 aliphatic carbocycles. The minimum Gasteiger partial charge on any atom is -0.324 e. The summed E-state index contributed by atoms with van der Waals surface area (Å²) in [4.78, 5) is 11.1. The van der Waals surface area contributed by atoms with E-state index in [2.05, 4.69) is 0 Å². The zero-order chi connectivity index (χ0) is 8.97. The highest BCUT2D eigenvalue weighted by Gasteiger charge is 2.07. The van der Waals surface area contributed by atoms with Gasteiger partial charge in [0.05, 0.1) is 18.2 Å². The molecule has 0 fully saturated rings. The maximum atomic E-state index is 11.1. The van der Waals surface area contributed by atoms with Gasteiger partial charge in [0.25, 0.3) is 0 Å². The van der Waals surface area contributed by atoms with E-state index in [0.29, 0.717) is 11.1 Å². The standard InChI is InChI=1S/C9H8N2O/c10-5-7-3-1-2-4-8(7)9(12)6-11/h1-4H,6,11H2. The van der Waals surface area contributed by atoms with Gasteiger partial charge in [0.1, 0.15) is 0 Å². The second-order valence-corrected chi connectivity index (χ2v) is 2.28. The Kier molecular flexibility index (Phi) is 2.57. The number of hydrogen-bond donors (Lipinski definition) is 1. The Balaban J connectivity index is 3.16. The first-order valence-electron chi connectivity index (χ1n) is 3.52. The molecule has 12 heavy (non-hydrogen) atoms. The molecule has 0 aliphatic rings. The molecule has 0 amide bonds. The zero-order valence-electron chi connectivity index (χ0n) is 6.45. The Bertz CT molecular complexity index is 339. The molecule has 3 heteroatoms. The first kappa shape index (κ1) is 8.44. The van der Waals surface area contributed by atoms with Crippen LogP contribution in [0.4, 0.5) is 0 Å². The third-order valence-corrected chi connectivity index (χ3v) is 1.53. The van der Waals surface area contributed by atoms with Crippen LogP contribution in [0.5, 0.6) is 0 Å². The molecule has 1 rings (SSSR count). The van der Waals surface area contributed by atoms with Gasteiger partial charge in [-0.2, -0.15) is 5.26 Å². The highest BCUT2D eigenvalue weighted by atomic mass is 16.1. The monoisotopic (exact) mass is 160 g/mol. The van der Waals surface area contributed by atoms with E-state index >= 15 is 0 Å². The molecule has 0 aliphatic heterocycles. The second-order valence-electron chi connectivity index (χ2n) is 2.28. The average Bonchev–Trinajstić information content (AvgIpc) is 2.16. The normalized spacial score (nSPS) is 9.00. The van der Waals surface area contributed by atoms with Crippen molar-refractivity contribution in [2.45, 2.75) is 0 Å². The van der Waals surface area contributed by atoms with E-state index in [9.17, 15) is 4.79 Å². The van der Waals surface area contributed by atoms with Crippen LogP contribution in [0.1, 0.15) is 15.9 Å². The fourth-order valence-electron chi connectivity index (χ4n) is 0.934. The van der Waals surface area contributed by atoms with E-state index in [4.69, 9.17) is 11.0 Å². The van der Waals surface area contributed by atoms with Crippen molar-refractivity contribution in [1.29, 1.82) is 5.26 Å². The van der Waals surface area contributed by atoms with Crippen LogP contribution in [-0.2, 0) is 0 Å². The van der Waals surface area contributed by atoms with Crippen LogP contribution in [-0.4, -0.2) is 12.3 Å². The molecule has 1 aromatic carbocycles. The Morgan fingerprint density at radius 3 is 2.75 bits per heavy atom. The lowest BCUT2D eigenvalue weighted by atomic mass is 10.1.